The van der Waals surface area contributed by atoms with Crippen molar-refractivity contribution < 1.29 is 9.53 Å². The van der Waals surface area contributed by atoms with Crippen molar-refractivity contribution in [3.05, 3.63) is 11.6 Å². The lowest BCUT2D eigenvalue weighted by Crippen LogP contribution is -2.16. The van der Waals surface area contributed by atoms with Crippen LogP contribution in [-0.4, -0.2) is 12.1 Å². The van der Waals surface area contributed by atoms with Crippen LogP contribution in [0.2, 0.25) is 0 Å². The number of hydrogen-bond donors (Lipinski definition) is 0. The first-order chi connectivity index (χ1) is 8.27. The molecule has 0 atom stereocenters. The van der Waals surface area contributed by atoms with Crippen LogP contribution in [-0.2, 0) is 9.53 Å². The summed E-state index contributed by atoms with van der Waals surface area (Å²) in [4.78, 5) is 11.9. The molecule has 98 valence electrons. The van der Waals surface area contributed by atoms with Crippen LogP contribution in [0.15, 0.2) is 11.6 Å². The van der Waals surface area contributed by atoms with Gasteiger partial charge in [0, 0.05) is 5.57 Å². The highest BCUT2D eigenvalue weighted by molar-refractivity contribution is 5.88. The predicted octanol–water partition coefficient (Wildman–Crippen LogP) is 4.39. The molecule has 0 aliphatic heterocycles. The van der Waals surface area contributed by atoms with Gasteiger partial charge in [-0.3, -0.25) is 0 Å². The summed E-state index contributed by atoms with van der Waals surface area (Å²) in [6.07, 6.45) is 12.2. The van der Waals surface area contributed by atoms with Crippen LogP contribution in [0.4, 0.5) is 0 Å². The van der Waals surface area contributed by atoms with Gasteiger partial charge in [0.05, 0.1) is 0 Å². The summed E-state index contributed by atoms with van der Waals surface area (Å²) >= 11 is 0. The third kappa shape index (κ3) is 5.38. The van der Waals surface area contributed by atoms with Crippen LogP contribution in [0, 0.1) is 0 Å². The fourth-order valence-electron chi connectivity index (χ4n) is 2.28. The van der Waals surface area contributed by atoms with Crippen molar-refractivity contribution >= 4 is 5.97 Å². The van der Waals surface area contributed by atoms with E-state index < -0.39 is 0 Å². The molecule has 0 unspecified atom stereocenters. The molecule has 0 radical (unpaired) electrons. The Morgan fingerprint density at radius 3 is 2.53 bits per heavy atom. The standard InChI is InChI=1S/C15H26O2/c1-3-5-6-7-10-13(4-2)15(16)17-14-11-8-9-12-14/h10,14H,3-9,11-12H2,1-2H3. The average Bonchev–Trinajstić information content (AvgIpc) is 2.82. The lowest BCUT2D eigenvalue weighted by molar-refractivity contribution is -0.144. The molecule has 17 heavy (non-hydrogen) atoms. The number of allylic oxidation sites excluding steroid dienone is 1. The van der Waals surface area contributed by atoms with E-state index in [1.54, 1.807) is 0 Å². The number of carbonyl (C=O) groups excluding carboxylic acids is 1. The number of unbranched alkanes of at least 4 members (excludes halogenated alkanes) is 3. The first-order valence-corrected chi connectivity index (χ1v) is 7.18. The van der Waals surface area contributed by atoms with Gasteiger partial charge in [-0.15, -0.1) is 0 Å². The Labute approximate surface area is 105 Å². The summed E-state index contributed by atoms with van der Waals surface area (Å²) in [6.45, 7) is 4.22. The maximum Gasteiger partial charge on any atom is 0.333 e. The van der Waals surface area contributed by atoms with Gasteiger partial charge in [-0.05, 0) is 44.9 Å². The normalized spacial score (nSPS) is 17.4. The quantitative estimate of drug-likeness (QED) is 0.373. The van der Waals surface area contributed by atoms with Crippen LogP contribution in [0.3, 0.4) is 0 Å². The van der Waals surface area contributed by atoms with E-state index in [4.69, 9.17) is 4.74 Å². The van der Waals surface area contributed by atoms with Crippen molar-refractivity contribution in [2.75, 3.05) is 0 Å². The van der Waals surface area contributed by atoms with Crippen molar-refractivity contribution in [1.82, 2.24) is 0 Å². The molecule has 1 rings (SSSR count). The van der Waals surface area contributed by atoms with E-state index in [1.807, 2.05) is 6.92 Å². The second kappa shape index (κ2) is 8.32. The fourth-order valence-corrected chi connectivity index (χ4v) is 2.28. The average molecular weight is 238 g/mol. The van der Waals surface area contributed by atoms with Gasteiger partial charge in [-0.25, -0.2) is 4.79 Å². The Morgan fingerprint density at radius 1 is 1.24 bits per heavy atom. The molecule has 0 aromatic rings. The van der Waals surface area contributed by atoms with E-state index >= 15 is 0 Å². The molecule has 1 fully saturated rings. The smallest absolute Gasteiger partial charge is 0.333 e. The Balaban J connectivity index is 2.34. The van der Waals surface area contributed by atoms with Gasteiger partial charge in [0.25, 0.3) is 0 Å². The van der Waals surface area contributed by atoms with Gasteiger partial charge in [0.1, 0.15) is 6.10 Å². The molecule has 0 N–H and O–H groups in total. The molecule has 2 nitrogen and oxygen atoms in total. The summed E-state index contributed by atoms with van der Waals surface area (Å²) in [5.74, 6) is -0.0732. The van der Waals surface area contributed by atoms with E-state index in [0.717, 1.165) is 31.3 Å². The van der Waals surface area contributed by atoms with Crippen molar-refractivity contribution in [2.24, 2.45) is 0 Å². The number of ether oxygens (including phenoxy) is 1. The van der Waals surface area contributed by atoms with E-state index in [9.17, 15) is 4.79 Å². The molecule has 0 aromatic carbocycles. The van der Waals surface area contributed by atoms with Gasteiger partial charge in [0.15, 0.2) is 0 Å². The summed E-state index contributed by atoms with van der Waals surface area (Å²) in [5, 5.41) is 0. The summed E-state index contributed by atoms with van der Waals surface area (Å²) in [6, 6.07) is 0. The molecule has 1 aliphatic carbocycles. The first-order valence-electron chi connectivity index (χ1n) is 7.18. The molecule has 1 saturated carbocycles. The highest BCUT2D eigenvalue weighted by Gasteiger charge is 2.20. The third-order valence-electron chi connectivity index (χ3n) is 3.42. The number of hydrogen-bond acceptors (Lipinski definition) is 2. The summed E-state index contributed by atoms with van der Waals surface area (Å²) < 4.78 is 5.51. The predicted molar refractivity (Wildman–Crippen MR) is 70.9 cm³/mol. The van der Waals surface area contributed by atoms with Crippen LogP contribution < -0.4 is 0 Å². The van der Waals surface area contributed by atoms with Crippen molar-refractivity contribution in [2.45, 2.75) is 77.7 Å². The van der Waals surface area contributed by atoms with Crippen molar-refractivity contribution in [1.29, 1.82) is 0 Å². The summed E-state index contributed by atoms with van der Waals surface area (Å²) in [7, 11) is 0. The molecular weight excluding hydrogens is 212 g/mol. The highest BCUT2D eigenvalue weighted by atomic mass is 16.5. The molecule has 1 aliphatic rings. The zero-order valence-electron chi connectivity index (χ0n) is 11.3. The van der Waals surface area contributed by atoms with Crippen LogP contribution in [0.1, 0.15) is 71.6 Å². The molecule has 0 spiro atoms. The SMILES string of the molecule is CCCCCC=C(CC)C(=O)OC1CCCC1. The maximum atomic E-state index is 11.9. The lowest BCUT2D eigenvalue weighted by atomic mass is 10.1. The zero-order chi connectivity index (χ0) is 12.5. The molecule has 0 amide bonds. The second-order valence-electron chi connectivity index (χ2n) is 4.89. The minimum atomic E-state index is -0.0732. The second-order valence-corrected chi connectivity index (χ2v) is 4.89. The van der Waals surface area contributed by atoms with E-state index in [1.165, 1.54) is 32.1 Å². The molecule has 0 bridgehead atoms. The monoisotopic (exact) mass is 238 g/mol. The van der Waals surface area contributed by atoms with E-state index in [2.05, 4.69) is 13.0 Å². The Bertz CT molecular complexity index is 250. The molecule has 0 heterocycles. The lowest BCUT2D eigenvalue weighted by Gasteiger charge is -2.12. The maximum absolute atomic E-state index is 11.9. The number of esters is 1. The Kier molecular flexibility index (Phi) is 6.99. The van der Waals surface area contributed by atoms with Crippen molar-refractivity contribution in [3.63, 3.8) is 0 Å². The first kappa shape index (κ1) is 14.3. The van der Waals surface area contributed by atoms with E-state index in [0.29, 0.717) is 0 Å². The van der Waals surface area contributed by atoms with Crippen LogP contribution >= 0.6 is 0 Å². The van der Waals surface area contributed by atoms with Gasteiger partial charge in [-0.1, -0.05) is 32.8 Å². The van der Waals surface area contributed by atoms with Gasteiger partial charge in [0.2, 0.25) is 0 Å². The minimum Gasteiger partial charge on any atom is -0.459 e. The molecule has 0 saturated heterocycles. The van der Waals surface area contributed by atoms with E-state index in [-0.39, 0.29) is 12.1 Å². The fraction of sp³-hybridized carbons (Fsp3) is 0.800. The van der Waals surface area contributed by atoms with Crippen LogP contribution in [0.25, 0.3) is 0 Å². The van der Waals surface area contributed by atoms with Gasteiger partial charge >= 0.3 is 5.97 Å². The topological polar surface area (TPSA) is 26.3 Å². The zero-order valence-corrected chi connectivity index (χ0v) is 11.3. The number of rotatable bonds is 7. The van der Waals surface area contributed by atoms with Gasteiger partial charge in [-0.2, -0.15) is 0 Å². The minimum absolute atomic E-state index is 0.0732. The van der Waals surface area contributed by atoms with Gasteiger partial charge < -0.3 is 4.74 Å². The van der Waals surface area contributed by atoms with Crippen molar-refractivity contribution in [3.8, 4) is 0 Å². The largest absolute Gasteiger partial charge is 0.459 e. The summed E-state index contributed by atoms with van der Waals surface area (Å²) in [5.41, 5.74) is 0.869. The highest BCUT2D eigenvalue weighted by Crippen LogP contribution is 2.22. The van der Waals surface area contributed by atoms with Crippen LogP contribution in [0.5, 0.6) is 0 Å². The number of carbonyl (C=O) groups is 1. The third-order valence-corrected chi connectivity index (χ3v) is 3.42. The Hall–Kier alpha value is -0.790. The molecular formula is C15H26O2. The Morgan fingerprint density at radius 2 is 1.94 bits per heavy atom. The molecule has 2 heteroatoms. The molecule has 0 aromatic heterocycles.